The summed E-state index contributed by atoms with van der Waals surface area (Å²) in [5, 5.41) is 3.95. The van der Waals surface area contributed by atoms with Crippen molar-refractivity contribution in [1.82, 2.24) is 9.97 Å². The number of hydrogen-bond acceptors (Lipinski definition) is 3. The highest BCUT2D eigenvalue weighted by Crippen LogP contribution is 2.20. The van der Waals surface area contributed by atoms with E-state index in [0.29, 0.717) is 16.7 Å². The summed E-state index contributed by atoms with van der Waals surface area (Å²) in [6, 6.07) is 15.1. The quantitative estimate of drug-likeness (QED) is 0.787. The van der Waals surface area contributed by atoms with Crippen molar-refractivity contribution in [3.63, 3.8) is 0 Å². The van der Waals surface area contributed by atoms with Crippen molar-refractivity contribution in [3.05, 3.63) is 66.2 Å². The summed E-state index contributed by atoms with van der Waals surface area (Å²) in [5.74, 6) is 0.349. The van der Waals surface area contributed by atoms with Crippen LogP contribution in [-0.4, -0.2) is 16.5 Å². The summed E-state index contributed by atoms with van der Waals surface area (Å²) in [6.45, 7) is 0.743. The third-order valence-corrected chi connectivity index (χ3v) is 3.16. The van der Waals surface area contributed by atoms with Crippen LogP contribution in [0.4, 0.5) is 10.2 Å². The normalized spacial score (nSPS) is 10.7. The highest BCUT2D eigenvalue weighted by molar-refractivity contribution is 5.89. The van der Waals surface area contributed by atoms with Crippen LogP contribution in [0.3, 0.4) is 0 Å². The fourth-order valence-electron chi connectivity index (χ4n) is 2.16. The minimum atomic E-state index is -0.323. The molecule has 0 spiro atoms. The number of halogens is 1. The van der Waals surface area contributed by atoms with Crippen LogP contribution in [0.5, 0.6) is 0 Å². The second-order valence-electron chi connectivity index (χ2n) is 4.52. The van der Waals surface area contributed by atoms with Gasteiger partial charge in [0.2, 0.25) is 0 Å². The van der Waals surface area contributed by atoms with Gasteiger partial charge in [0.15, 0.2) is 0 Å². The lowest BCUT2D eigenvalue weighted by Crippen LogP contribution is -2.07. The van der Waals surface area contributed by atoms with E-state index in [2.05, 4.69) is 27.4 Å². The molecule has 0 fully saturated rings. The number of fused-ring (bicyclic) bond motifs is 1. The van der Waals surface area contributed by atoms with Gasteiger partial charge in [-0.05, 0) is 24.1 Å². The number of hydrogen-bond donors (Lipinski definition) is 1. The monoisotopic (exact) mass is 267 g/mol. The maximum Gasteiger partial charge on any atom is 0.149 e. The summed E-state index contributed by atoms with van der Waals surface area (Å²) >= 11 is 0. The fourth-order valence-corrected chi connectivity index (χ4v) is 2.16. The molecule has 3 aromatic rings. The van der Waals surface area contributed by atoms with Crippen molar-refractivity contribution in [1.29, 1.82) is 0 Å². The summed E-state index contributed by atoms with van der Waals surface area (Å²) in [5.41, 5.74) is 1.61. The second kappa shape index (κ2) is 5.65. The van der Waals surface area contributed by atoms with Crippen LogP contribution in [0.1, 0.15) is 5.56 Å². The molecule has 1 heterocycles. The van der Waals surface area contributed by atoms with Gasteiger partial charge in [-0.1, -0.05) is 36.4 Å². The van der Waals surface area contributed by atoms with Gasteiger partial charge < -0.3 is 5.32 Å². The first-order valence-corrected chi connectivity index (χ1v) is 6.51. The number of nitrogens with one attached hydrogen (secondary N) is 1. The molecule has 0 saturated heterocycles. The molecule has 20 heavy (non-hydrogen) atoms. The van der Waals surface area contributed by atoms with Gasteiger partial charge >= 0.3 is 0 Å². The first kappa shape index (κ1) is 12.5. The Balaban J connectivity index is 1.76. The number of rotatable bonds is 4. The minimum absolute atomic E-state index is 0.323. The van der Waals surface area contributed by atoms with Gasteiger partial charge in [-0.2, -0.15) is 0 Å². The lowest BCUT2D eigenvalue weighted by molar-refractivity contribution is 0.636. The van der Waals surface area contributed by atoms with Crippen molar-refractivity contribution in [2.75, 3.05) is 11.9 Å². The molecular weight excluding hydrogens is 253 g/mol. The van der Waals surface area contributed by atoms with Crippen LogP contribution in [0.15, 0.2) is 54.9 Å². The molecule has 0 amide bonds. The lowest BCUT2D eigenvalue weighted by Gasteiger charge is -2.08. The van der Waals surface area contributed by atoms with Gasteiger partial charge in [0.1, 0.15) is 23.5 Å². The molecular formula is C16H14FN3. The summed E-state index contributed by atoms with van der Waals surface area (Å²) < 4.78 is 13.6. The Morgan fingerprint density at radius 1 is 0.950 bits per heavy atom. The van der Waals surface area contributed by atoms with E-state index in [1.54, 1.807) is 6.07 Å². The predicted octanol–water partition coefficient (Wildman–Crippen LogP) is 3.42. The maximum atomic E-state index is 13.6. The van der Waals surface area contributed by atoms with Gasteiger partial charge in [-0.25, -0.2) is 14.4 Å². The molecule has 2 aromatic carbocycles. The molecule has 0 aliphatic carbocycles. The number of aromatic nitrogens is 2. The molecule has 0 saturated carbocycles. The molecule has 1 aromatic heterocycles. The molecule has 0 unspecified atom stereocenters. The topological polar surface area (TPSA) is 37.8 Å². The second-order valence-corrected chi connectivity index (χ2v) is 4.52. The van der Waals surface area contributed by atoms with Crippen molar-refractivity contribution >= 4 is 16.7 Å². The van der Waals surface area contributed by atoms with Gasteiger partial charge in [-0.15, -0.1) is 0 Å². The molecule has 0 atom stereocenters. The van der Waals surface area contributed by atoms with Crippen molar-refractivity contribution in [2.45, 2.75) is 6.42 Å². The van der Waals surface area contributed by atoms with Crippen LogP contribution in [0, 0.1) is 5.82 Å². The van der Waals surface area contributed by atoms with E-state index < -0.39 is 0 Å². The first-order chi connectivity index (χ1) is 9.84. The third-order valence-electron chi connectivity index (χ3n) is 3.16. The predicted molar refractivity (Wildman–Crippen MR) is 78.1 cm³/mol. The van der Waals surface area contributed by atoms with Crippen molar-refractivity contribution in [3.8, 4) is 0 Å². The Bertz CT molecular complexity index is 713. The number of para-hydroxylation sites is 1. The highest BCUT2D eigenvalue weighted by atomic mass is 19.1. The van der Waals surface area contributed by atoms with Crippen LogP contribution < -0.4 is 5.32 Å². The van der Waals surface area contributed by atoms with Crippen LogP contribution >= 0.6 is 0 Å². The molecule has 0 aliphatic rings. The molecule has 0 aliphatic heterocycles. The van der Waals surface area contributed by atoms with E-state index in [9.17, 15) is 4.39 Å². The molecule has 0 radical (unpaired) electrons. The number of benzene rings is 2. The van der Waals surface area contributed by atoms with E-state index >= 15 is 0 Å². The first-order valence-electron chi connectivity index (χ1n) is 6.51. The Morgan fingerprint density at radius 3 is 2.65 bits per heavy atom. The summed E-state index contributed by atoms with van der Waals surface area (Å²) in [7, 11) is 0. The van der Waals surface area contributed by atoms with Gasteiger partial charge in [0.05, 0.1) is 0 Å². The van der Waals surface area contributed by atoms with Crippen LogP contribution in [0.25, 0.3) is 10.9 Å². The van der Waals surface area contributed by atoms with Gasteiger partial charge in [0, 0.05) is 11.9 Å². The average Bonchev–Trinajstić information content (AvgIpc) is 2.49. The number of nitrogens with zero attached hydrogens (tertiary/aromatic N) is 2. The lowest BCUT2D eigenvalue weighted by atomic mass is 10.1. The zero-order valence-corrected chi connectivity index (χ0v) is 10.9. The molecule has 1 N–H and O–H groups in total. The Labute approximate surface area is 116 Å². The van der Waals surface area contributed by atoms with E-state index in [0.717, 1.165) is 13.0 Å². The Hall–Kier alpha value is -2.49. The van der Waals surface area contributed by atoms with Crippen molar-refractivity contribution < 1.29 is 4.39 Å². The molecule has 4 heteroatoms. The number of anilines is 1. The zero-order valence-electron chi connectivity index (χ0n) is 10.9. The maximum absolute atomic E-state index is 13.6. The third kappa shape index (κ3) is 2.59. The van der Waals surface area contributed by atoms with Crippen LogP contribution in [0.2, 0.25) is 0 Å². The average molecular weight is 267 g/mol. The summed E-state index contributed by atoms with van der Waals surface area (Å²) in [4.78, 5) is 8.17. The Kier molecular flexibility index (Phi) is 3.54. The van der Waals surface area contributed by atoms with E-state index in [1.165, 1.54) is 18.0 Å². The minimum Gasteiger partial charge on any atom is -0.369 e. The van der Waals surface area contributed by atoms with Gasteiger partial charge in [0.25, 0.3) is 0 Å². The molecule has 3 rings (SSSR count). The van der Waals surface area contributed by atoms with E-state index in [-0.39, 0.29) is 5.82 Å². The van der Waals surface area contributed by atoms with Crippen LogP contribution in [-0.2, 0) is 6.42 Å². The highest BCUT2D eigenvalue weighted by Gasteiger charge is 2.06. The summed E-state index contributed by atoms with van der Waals surface area (Å²) in [6.07, 6.45) is 2.28. The SMILES string of the molecule is Fc1cccc2c(NCCc3ccccc3)ncnc12. The van der Waals surface area contributed by atoms with E-state index in [4.69, 9.17) is 0 Å². The molecule has 3 nitrogen and oxygen atoms in total. The van der Waals surface area contributed by atoms with E-state index in [1.807, 2.05) is 24.3 Å². The Morgan fingerprint density at radius 2 is 1.80 bits per heavy atom. The van der Waals surface area contributed by atoms with Gasteiger partial charge in [-0.3, -0.25) is 0 Å². The standard InChI is InChI=1S/C16H14FN3/c17-14-8-4-7-13-15(14)19-11-20-16(13)18-10-9-12-5-2-1-3-6-12/h1-8,11H,9-10H2,(H,18,19,20). The molecule has 0 bridgehead atoms. The smallest absolute Gasteiger partial charge is 0.149 e. The zero-order chi connectivity index (χ0) is 13.8. The molecule has 100 valence electrons. The fraction of sp³-hybridized carbons (Fsp3) is 0.125. The largest absolute Gasteiger partial charge is 0.369 e. The van der Waals surface area contributed by atoms with Crippen molar-refractivity contribution in [2.24, 2.45) is 0 Å².